The second kappa shape index (κ2) is 6.96. The number of amides is 1. The molecule has 0 aliphatic heterocycles. The van der Waals surface area contributed by atoms with Crippen LogP contribution in [0.1, 0.15) is 23.0 Å². The number of carbonyl (C=O) groups is 1. The summed E-state index contributed by atoms with van der Waals surface area (Å²) in [6.45, 7) is 1.35. The summed E-state index contributed by atoms with van der Waals surface area (Å²) in [6, 6.07) is 4.32. The Morgan fingerprint density at radius 3 is 2.52 bits per heavy atom. The summed E-state index contributed by atoms with van der Waals surface area (Å²) in [5, 5.41) is 1.12. The fraction of sp³-hybridized carbons (Fsp3) is 0.214. The van der Waals surface area contributed by atoms with Gasteiger partial charge >= 0.3 is 6.18 Å². The Morgan fingerprint density at radius 2 is 1.92 bits per heavy atom. The molecule has 0 atom stereocenters. The highest BCUT2D eigenvalue weighted by atomic mass is 35.5. The van der Waals surface area contributed by atoms with Gasteiger partial charge in [-0.15, -0.1) is 0 Å². The van der Waals surface area contributed by atoms with Crippen LogP contribution in [0.15, 0.2) is 35.6 Å². The molecule has 0 radical (unpaired) electrons. The molecular weight excluding hydrogens is 383 g/mol. The van der Waals surface area contributed by atoms with Gasteiger partial charge in [-0.3, -0.25) is 4.79 Å². The van der Waals surface area contributed by atoms with Crippen molar-refractivity contribution in [3.63, 3.8) is 0 Å². The third kappa shape index (κ3) is 4.26. The molecule has 1 amide bonds. The number of nitrogens with one attached hydrogen (secondary N) is 1. The molecule has 2 rings (SSSR count). The van der Waals surface area contributed by atoms with Gasteiger partial charge in [0.2, 0.25) is 15.0 Å². The zero-order valence-corrected chi connectivity index (χ0v) is 14.2. The van der Waals surface area contributed by atoms with E-state index in [1.165, 1.54) is 19.1 Å². The molecule has 0 bridgehead atoms. The molecule has 11 heteroatoms. The van der Waals surface area contributed by atoms with Crippen molar-refractivity contribution in [1.29, 1.82) is 0 Å². The van der Waals surface area contributed by atoms with E-state index in [4.69, 9.17) is 11.6 Å². The number of rotatable bonds is 4. The van der Waals surface area contributed by atoms with Crippen molar-refractivity contribution in [2.75, 3.05) is 11.1 Å². The highest BCUT2D eigenvalue weighted by Crippen LogP contribution is 2.34. The third-order valence-electron chi connectivity index (χ3n) is 3.08. The zero-order valence-electron chi connectivity index (χ0n) is 12.6. The fourth-order valence-electron chi connectivity index (χ4n) is 1.81. The number of alkyl halides is 3. The van der Waals surface area contributed by atoms with Crippen LogP contribution in [-0.2, 0) is 16.0 Å². The molecule has 1 N–H and O–H groups in total. The normalized spacial score (nSPS) is 12.0. The minimum absolute atomic E-state index is 0.294. The van der Waals surface area contributed by atoms with Crippen molar-refractivity contribution in [3.8, 4) is 0 Å². The number of anilines is 1. The van der Waals surface area contributed by atoms with Crippen LogP contribution in [0, 0.1) is 0 Å². The van der Waals surface area contributed by atoms with E-state index in [9.17, 15) is 26.4 Å². The third-order valence-corrected chi connectivity index (χ3v) is 4.87. The SMILES string of the molecule is CCS(=O)(=O)c1ncc(Cl)c(C(=O)Nc2ccccc2C(F)(F)F)n1. The second-order valence-corrected chi connectivity index (χ2v) is 7.33. The van der Waals surface area contributed by atoms with Crippen LogP contribution >= 0.6 is 11.6 Å². The van der Waals surface area contributed by atoms with Crippen molar-refractivity contribution < 1.29 is 26.4 Å². The van der Waals surface area contributed by atoms with E-state index in [-0.39, 0.29) is 10.8 Å². The lowest BCUT2D eigenvalue weighted by Crippen LogP contribution is -2.20. The largest absolute Gasteiger partial charge is 0.418 e. The molecule has 0 spiro atoms. The minimum atomic E-state index is -4.68. The summed E-state index contributed by atoms with van der Waals surface area (Å²) in [5.74, 6) is -1.40. The van der Waals surface area contributed by atoms with Crippen LogP contribution in [0.5, 0.6) is 0 Å². The molecule has 0 saturated carbocycles. The Bertz CT molecular complexity index is 917. The second-order valence-electron chi connectivity index (χ2n) is 4.75. The summed E-state index contributed by atoms with van der Waals surface area (Å²) < 4.78 is 62.5. The summed E-state index contributed by atoms with van der Waals surface area (Å²) in [5.41, 5.74) is -2.11. The summed E-state index contributed by atoms with van der Waals surface area (Å²) >= 11 is 5.78. The van der Waals surface area contributed by atoms with E-state index in [0.717, 1.165) is 18.3 Å². The lowest BCUT2D eigenvalue weighted by atomic mass is 10.1. The average Bonchev–Trinajstić information content (AvgIpc) is 2.54. The number of sulfone groups is 1. The van der Waals surface area contributed by atoms with Crippen LogP contribution in [0.25, 0.3) is 0 Å². The number of hydrogen-bond acceptors (Lipinski definition) is 5. The first-order chi connectivity index (χ1) is 11.6. The molecule has 0 fully saturated rings. The maximum atomic E-state index is 13.0. The molecular formula is C14H11ClF3N3O3S. The van der Waals surface area contributed by atoms with Gasteiger partial charge in [0.25, 0.3) is 5.91 Å². The fourth-order valence-corrected chi connectivity index (χ4v) is 2.69. The van der Waals surface area contributed by atoms with E-state index in [0.29, 0.717) is 0 Å². The van der Waals surface area contributed by atoms with Crippen molar-refractivity contribution in [3.05, 3.63) is 46.7 Å². The number of nitrogens with zero attached hydrogens (tertiary/aromatic N) is 2. The number of carbonyl (C=O) groups excluding carboxylic acids is 1. The topological polar surface area (TPSA) is 89.0 Å². The summed E-state index contributed by atoms with van der Waals surface area (Å²) in [4.78, 5) is 19.3. The molecule has 0 unspecified atom stereocenters. The highest BCUT2D eigenvalue weighted by Gasteiger charge is 2.34. The van der Waals surface area contributed by atoms with E-state index in [1.54, 1.807) is 0 Å². The summed E-state index contributed by atoms with van der Waals surface area (Å²) in [7, 11) is -3.82. The number of para-hydroxylation sites is 1. The van der Waals surface area contributed by atoms with E-state index < -0.39 is 44.0 Å². The van der Waals surface area contributed by atoms with Crippen LogP contribution in [0.3, 0.4) is 0 Å². The van der Waals surface area contributed by atoms with Crippen molar-refractivity contribution >= 4 is 33.0 Å². The molecule has 0 aliphatic carbocycles. The van der Waals surface area contributed by atoms with Crippen molar-refractivity contribution in [1.82, 2.24) is 9.97 Å². The van der Waals surface area contributed by atoms with Gasteiger partial charge in [0, 0.05) is 0 Å². The molecule has 2 aromatic rings. The monoisotopic (exact) mass is 393 g/mol. The number of hydrogen-bond donors (Lipinski definition) is 1. The smallest absolute Gasteiger partial charge is 0.320 e. The summed E-state index contributed by atoms with van der Waals surface area (Å²) in [6.07, 6.45) is -3.78. The van der Waals surface area contributed by atoms with E-state index in [1.807, 2.05) is 5.32 Å². The predicted molar refractivity (Wildman–Crippen MR) is 84.2 cm³/mol. The van der Waals surface area contributed by atoms with Gasteiger partial charge in [-0.1, -0.05) is 30.7 Å². The maximum absolute atomic E-state index is 13.0. The first kappa shape index (κ1) is 19.1. The van der Waals surface area contributed by atoms with Gasteiger partial charge in [0.15, 0.2) is 5.69 Å². The quantitative estimate of drug-likeness (QED) is 0.806. The number of aromatic nitrogens is 2. The maximum Gasteiger partial charge on any atom is 0.418 e. The zero-order chi connectivity index (χ0) is 18.8. The van der Waals surface area contributed by atoms with Gasteiger partial charge in [-0.05, 0) is 12.1 Å². The Hall–Kier alpha value is -2.20. The van der Waals surface area contributed by atoms with E-state index in [2.05, 4.69) is 9.97 Å². The van der Waals surface area contributed by atoms with Gasteiger partial charge < -0.3 is 5.32 Å². The van der Waals surface area contributed by atoms with Crippen molar-refractivity contribution in [2.45, 2.75) is 18.3 Å². The standard InChI is InChI=1S/C14H11ClF3N3O3S/c1-2-25(23,24)13-19-7-9(15)11(21-13)12(22)20-10-6-4-3-5-8(10)14(16,17)18/h3-7H,2H2,1H3,(H,20,22). The van der Waals surface area contributed by atoms with Crippen LogP contribution < -0.4 is 5.32 Å². The first-order valence-electron chi connectivity index (χ1n) is 6.79. The molecule has 6 nitrogen and oxygen atoms in total. The lowest BCUT2D eigenvalue weighted by Gasteiger charge is -2.13. The van der Waals surface area contributed by atoms with Gasteiger partial charge in [-0.2, -0.15) is 13.2 Å². The Labute approximate surface area is 146 Å². The average molecular weight is 394 g/mol. The predicted octanol–water partition coefficient (Wildman–Crippen LogP) is 3.19. The van der Waals surface area contributed by atoms with E-state index >= 15 is 0 Å². The van der Waals surface area contributed by atoms with Gasteiger partial charge in [0.05, 0.1) is 28.2 Å². The number of halogens is 4. The van der Waals surface area contributed by atoms with Gasteiger partial charge in [0.1, 0.15) is 0 Å². The molecule has 1 heterocycles. The molecule has 1 aromatic carbocycles. The highest BCUT2D eigenvalue weighted by molar-refractivity contribution is 7.91. The van der Waals surface area contributed by atoms with Gasteiger partial charge in [-0.25, -0.2) is 18.4 Å². The Balaban J connectivity index is 2.42. The molecule has 0 aliphatic rings. The van der Waals surface area contributed by atoms with Crippen LogP contribution in [-0.4, -0.2) is 30.0 Å². The Morgan fingerprint density at radius 1 is 1.28 bits per heavy atom. The number of benzene rings is 1. The molecule has 1 aromatic heterocycles. The molecule has 25 heavy (non-hydrogen) atoms. The lowest BCUT2D eigenvalue weighted by molar-refractivity contribution is -0.136. The van der Waals surface area contributed by atoms with Crippen LogP contribution in [0.2, 0.25) is 5.02 Å². The van der Waals surface area contributed by atoms with Crippen LogP contribution in [0.4, 0.5) is 18.9 Å². The first-order valence-corrected chi connectivity index (χ1v) is 8.82. The molecule has 0 saturated heterocycles. The minimum Gasteiger partial charge on any atom is -0.320 e. The molecule has 134 valence electrons. The Kier molecular flexibility index (Phi) is 5.33. The van der Waals surface area contributed by atoms with Crippen molar-refractivity contribution in [2.24, 2.45) is 0 Å².